The highest BCUT2D eigenvalue weighted by Gasteiger charge is 2.27. The van der Waals surface area contributed by atoms with E-state index in [-0.39, 0.29) is 11.7 Å². The lowest BCUT2D eigenvalue weighted by Gasteiger charge is -2.31. The number of benzene rings is 1. The fourth-order valence-corrected chi connectivity index (χ4v) is 2.74. The smallest absolute Gasteiger partial charge is 0.227 e. The molecule has 108 valence electrons. The van der Waals surface area contributed by atoms with Gasteiger partial charge in [0.2, 0.25) is 5.91 Å². The third-order valence-corrected chi connectivity index (χ3v) is 4.07. The molecular formula is C16H21FN2O. The summed E-state index contributed by atoms with van der Waals surface area (Å²) >= 11 is 0. The van der Waals surface area contributed by atoms with Crippen molar-refractivity contribution in [3.8, 4) is 0 Å². The van der Waals surface area contributed by atoms with E-state index in [0.29, 0.717) is 24.9 Å². The van der Waals surface area contributed by atoms with Crippen LogP contribution in [-0.2, 0) is 11.2 Å². The zero-order valence-corrected chi connectivity index (χ0v) is 11.9. The summed E-state index contributed by atoms with van der Waals surface area (Å²) in [5.74, 6) is 0.211. The monoisotopic (exact) mass is 276 g/mol. The molecule has 0 spiro atoms. The number of rotatable bonds is 5. The standard InChI is InChI=1S/C16H21FN2O/c1-11(9-18-14-5-6-14)10-19-15-8-13(17)4-2-12(15)3-7-16(19)20/h2,4,8,11,14,18H,3,5-7,9-10H2,1H3. The topological polar surface area (TPSA) is 32.3 Å². The molecule has 1 amide bonds. The van der Waals surface area contributed by atoms with Gasteiger partial charge in [-0.25, -0.2) is 4.39 Å². The Labute approximate surface area is 119 Å². The minimum atomic E-state index is -0.271. The Kier molecular flexibility index (Phi) is 3.74. The van der Waals surface area contributed by atoms with Crippen molar-refractivity contribution < 1.29 is 9.18 Å². The summed E-state index contributed by atoms with van der Waals surface area (Å²) in [5, 5.41) is 3.48. The van der Waals surface area contributed by atoms with Crippen LogP contribution in [0.1, 0.15) is 31.7 Å². The number of halogens is 1. The maximum atomic E-state index is 13.4. The first-order valence-corrected chi connectivity index (χ1v) is 7.45. The van der Waals surface area contributed by atoms with Crippen LogP contribution >= 0.6 is 0 Å². The van der Waals surface area contributed by atoms with Gasteiger partial charge in [0.15, 0.2) is 0 Å². The number of hydrogen-bond donors (Lipinski definition) is 1. The number of aryl methyl sites for hydroxylation is 1. The second kappa shape index (κ2) is 5.52. The summed E-state index contributed by atoms with van der Waals surface area (Å²) in [4.78, 5) is 13.9. The Bertz CT molecular complexity index is 513. The van der Waals surface area contributed by atoms with Crippen LogP contribution in [0, 0.1) is 11.7 Å². The van der Waals surface area contributed by atoms with Gasteiger partial charge in [0.05, 0.1) is 0 Å². The van der Waals surface area contributed by atoms with Gasteiger partial charge in [-0.05, 0) is 49.4 Å². The highest BCUT2D eigenvalue weighted by Crippen LogP contribution is 2.29. The molecule has 1 atom stereocenters. The van der Waals surface area contributed by atoms with Gasteiger partial charge in [0.25, 0.3) is 0 Å². The van der Waals surface area contributed by atoms with Crippen molar-refractivity contribution in [1.29, 1.82) is 0 Å². The van der Waals surface area contributed by atoms with Crippen LogP contribution in [0.15, 0.2) is 18.2 Å². The summed E-state index contributed by atoms with van der Waals surface area (Å²) in [6.07, 6.45) is 3.79. The minimum absolute atomic E-state index is 0.112. The molecule has 1 aromatic carbocycles. The van der Waals surface area contributed by atoms with Gasteiger partial charge in [0, 0.05) is 24.7 Å². The molecule has 1 saturated carbocycles. The van der Waals surface area contributed by atoms with Crippen LogP contribution in [0.5, 0.6) is 0 Å². The van der Waals surface area contributed by atoms with Crippen molar-refractivity contribution >= 4 is 11.6 Å². The molecule has 0 aromatic heterocycles. The van der Waals surface area contributed by atoms with E-state index in [0.717, 1.165) is 24.2 Å². The fourth-order valence-electron chi connectivity index (χ4n) is 2.74. The largest absolute Gasteiger partial charge is 0.314 e. The zero-order chi connectivity index (χ0) is 14.1. The molecule has 3 nitrogen and oxygen atoms in total. The maximum Gasteiger partial charge on any atom is 0.227 e. The Morgan fingerprint density at radius 1 is 1.40 bits per heavy atom. The third kappa shape index (κ3) is 3.01. The normalized spacial score (nSPS) is 19.9. The van der Waals surface area contributed by atoms with Crippen LogP contribution in [-0.4, -0.2) is 25.0 Å². The molecule has 2 aliphatic rings. The van der Waals surface area contributed by atoms with Gasteiger partial charge in [-0.3, -0.25) is 4.79 Å². The summed E-state index contributed by atoms with van der Waals surface area (Å²) in [5.41, 5.74) is 1.84. The average molecular weight is 276 g/mol. The van der Waals surface area contributed by atoms with Crippen LogP contribution < -0.4 is 10.2 Å². The lowest BCUT2D eigenvalue weighted by Crippen LogP contribution is -2.40. The number of anilines is 1. The molecule has 1 unspecified atom stereocenters. The van der Waals surface area contributed by atoms with Crippen molar-refractivity contribution in [2.75, 3.05) is 18.0 Å². The molecule has 1 N–H and O–H groups in total. The number of nitrogens with zero attached hydrogens (tertiary/aromatic N) is 1. The zero-order valence-electron chi connectivity index (χ0n) is 11.9. The molecule has 1 fully saturated rings. The lowest BCUT2D eigenvalue weighted by molar-refractivity contribution is -0.119. The Balaban J connectivity index is 1.70. The van der Waals surface area contributed by atoms with Gasteiger partial charge in [-0.1, -0.05) is 13.0 Å². The number of amides is 1. The second-order valence-corrected chi connectivity index (χ2v) is 6.07. The molecule has 1 aliphatic heterocycles. The first-order valence-electron chi connectivity index (χ1n) is 7.45. The van der Waals surface area contributed by atoms with E-state index in [9.17, 15) is 9.18 Å². The molecular weight excluding hydrogens is 255 g/mol. The maximum absolute atomic E-state index is 13.4. The molecule has 1 aromatic rings. The summed E-state index contributed by atoms with van der Waals surface area (Å²) in [6.45, 7) is 3.71. The summed E-state index contributed by atoms with van der Waals surface area (Å²) in [6, 6.07) is 5.45. The second-order valence-electron chi connectivity index (χ2n) is 6.07. The minimum Gasteiger partial charge on any atom is -0.314 e. The van der Waals surface area contributed by atoms with Crippen molar-refractivity contribution in [1.82, 2.24) is 5.32 Å². The molecule has 0 radical (unpaired) electrons. The molecule has 1 heterocycles. The van der Waals surface area contributed by atoms with E-state index >= 15 is 0 Å². The first kappa shape index (κ1) is 13.6. The molecule has 0 saturated heterocycles. The molecule has 20 heavy (non-hydrogen) atoms. The number of hydrogen-bond acceptors (Lipinski definition) is 2. The number of fused-ring (bicyclic) bond motifs is 1. The average Bonchev–Trinajstić information content (AvgIpc) is 3.24. The Hall–Kier alpha value is -1.42. The van der Waals surface area contributed by atoms with Crippen molar-refractivity contribution in [2.24, 2.45) is 5.92 Å². The van der Waals surface area contributed by atoms with Gasteiger partial charge in [0.1, 0.15) is 5.82 Å². The molecule has 3 rings (SSSR count). The van der Waals surface area contributed by atoms with Crippen LogP contribution in [0.3, 0.4) is 0 Å². The highest BCUT2D eigenvalue weighted by molar-refractivity contribution is 5.96. The SMILES string of the molecule is CC(CNC1CC1)CN1C(=O)CCc2ccc(F)cc21. The fraction of sp³-hybridized carbons (Fsp3) is 0.562. The predicted molar refractivity (Wildman–Crippen MR) is 77.3 cm³/mol. The Morgan fingerprint density at radius 2 is 2.20 bits per heavy atom. The molecule has 1 aliphatic carbocycles. The lowest BCUT2D eigenvalue weighted by atomic mass is 9.99. The van der Waals surface area contributed by atoms with Gasteiger partial charge >= 0.3 is 0 Å². The summed E-state index contributed by atoms with van der Waals surface area (Å²) in [7, 11) is 0. The van der Waals surface area contributed by atoms with Crippen LogP contribution in [0.2, 0.25) is 0 Å². The van der Waals surface area contributed by atoms with E-state index in [2.05, 4.69) is 12.2 Å². The molecule has 0 bridgehead atoms. The highest BCUT2D eigenvalue weighted by atomic mass is 19.1. The Morgan fingerprint density at radius 3 is 2.95 bits per heavy atom. The number of nitrogens with one attached hydrogen (secondary N) is 1. The molecule has 4 heteroatoms. The van der Waals surface area contributed by atoms with Gasteiger partial charge < -0.3 is 10.2 Å². The van der Waals surface area contributed by atoms with Crippen molar-refractivity contribution in [3.05, 3.63) is 29.6 Å². The van der Waals surface area contributed by atoms with Crippen LogP contribution in [0.4, 0.5) is 10.1 Å². The van der Waals surface area contributed by atoms with E-state index in [1.807, 2.05) is 0 Å². The number of carbonyl (C=O) groups is 1. The van der Waals surface area contributed by atoms with E-state index in [4.69, 9.17) is 0 Å². The van der Waals surface area contributed by atoms with E-state index < -0.39 is 0 Å². The van der Waals surface area contributed by atoms with Crippen molar-refractivity contribution in [2.45, 2.75) is 38.6 Å². The number of carbonyl (C=O) groups excluding carboxylic acids is 1. The predicted octanol–water partition coefficient (Wildman–Crippen LogP) is 2.49. The van der Waals surface area contributed by atoms with Crippen LogP contribution in [0.25, 0.3) is 0 Å². The van der Waals surface area contributed by atoms with Gasteiger partial charge in [-0.2, -0.15) is 0 Å². The van der Waals surface area contributed by atoms with Crippen molar-refractivity contribution in [3.63, 3.8) is 0 Å². The van der Waals surface area contributed by atoms with Gasteiger partial charge in [-0.15, -0.1) is 0 Å². The quantitative estimate of drug-likeness (QED) is 0.896. The first-order chi connectivity index (χ1) is 9.63. The third-order valence-electron chi connectivity index (χ3n) is 4.07. The summed E-state index contributed by atoms with van der Waals surface area (Å²) < 4.78 is 13.4. The van der Waals surface area contributed by atoms with E-state index in [1.165, 1.54) is 25.0 Å². The van der Waals surface area contributed by atoms with E-state index in [1.54, 1.807) is 11.0 Å².